The molecule has 0 aromatic carbocycles. The molecule has 0 saturated heterocycles. The van der Waals surface area contributed by atoms with Gasteiger partial charge in [0.2, 0.25) is 5.91 Å². The van der Waals surface area contributed by atoms with E-state index in [9.17, 15) is 14.4 Å². The summed E-state index contributed by atoms with van der Waals surface area (Å²) in [6, 6.07) is -1.94. The normalized spacial score (nSPS) is 12.5. The van der Waals surface area contributed by atoms with Crippen LogP contribution < -0.4 is 16.4 Å². The van der Waals surface area contributed by atoms with Gasteiger partial charge in [0.15, 0.2) is 0 Å². The molecule has 9 heteroatoms. The first-order valence-electron chi connectivity index (χ1n) is 5.81. The fourth-order valence-corrected chi connectivity index (χ4v) is 1.36. The SMILES string of the molecule is CC(C)(NC(=O)NC(Cc1cnc[nH]1)C(=O)O)C(N)=O. The molecule has 1 heterocycles. The lowest BCUT2D eigenvalue weighted by Gasteiger charge is -2.23. The summed E-state index contributed by atoms with van der Waals surface area (Å²) < 4.78 is 0. The molecule has 0 aliphatic carbocycles. The van der Waals surface area contributed by atoms with E-state index in [4.69, 9.17) is 10.8 Å². The molecular formula is C11H17N5O4. The Hall–Kier alpha value is -2.58. The van der Waals surface area contributed by atoms with E-state index in [0.29, 0.717) is 5.69 Å². The second kappa shape index (κ2) is 6.04. The van der Waals surface area contributed by atoms with Gasteiger partial charge in [0.25, 0.3) is 0 Å². The first kappa shape index (κ1) is 15.5. The molecular weight excluding hydrogens is 266 g/mol. The third-order valence-corrected chi connectivity index (χ3v) is 2.62. The molecule has 20 heavy (non-hydrogen) atoms. The van der Waals surface area contributed by atoms with Crippen LogP contribution in [-0.4, -0.2) is 44.6 Å². The number of urea groups is 1. The highest BCUT2D eigenvalue weighted by molar-refractivity contribution is 5.90. The number of nitrogens with zero attached hydrogens (tertiary/aromatic N) is 1. The predicted octanol–water partition coefficient (Wildman–Crippen LogP) is -1.03. The zero-order valence-electron chi connectivity index (χ0n) is 11.1. The Morgan fingerprint density at radius 1 is 1.50 bits per heavy atom. The second-order valence-electron chi connectivity index (χ2n) is 4.76. The number of hydrogen-bond acceptors (Lipinski definition) is 4. The van der Waals surface area contributed by atoms with E-state index < -0.39 is 29.5 Å². The van der Waals surface area contributed by atoms with E-state index in [1.165, 1.54) is 26.4 Å². The fraction of sp³-hybridized carbons (Fsp3) is 0.455. The van der Waals surface area contributed by atoms with Gasteiger partial charge in [-0.05, 0) is 13.8 Å². The zero-order chi connectivity index (χ0) is 15.3. The molecule has 3 amide bonds. The molecule has 0 fully saturated rings. The smallest absolute Gasteiger partial charge is 0.326 e. The lowest BCUT2D eigenvalue weighted by molar-refractivity contribution is -0.139. The van der Waals surface area contributed by atoms with Gasteiger partial charge in [-0.15, -0.1) is 0 Å². The van der Waals surface area contributed by atoms with Crippen molar-refractivity contribution in [2.75, 3.05) is 0 Å². The monoisotopic (exact) mass is 283 g/mol. The molecule has 0 aliphatic rings. The number of primary amides is 1. The highest BCUT2D eigenvalue weighted by Gasteiger charge is 2.29. The Bertz CT molecular complexity index is 497. The number of nitrogens with two attached hydrogens (primary N) is 1. The van der Waals surface area contributed by atoms with Gasteiger partial charge in [-0.1, -0.05) is 0 Å². The number of carbonyl (C=O) groups is 3. The molecule has 1 aromatic rings. The van der Waals surface area contributed by atoms with Crippen molar-refractivity contribution in [1.29, 1.82) is 0 Å². The summed E-state index contributed by atoms with van der Waals surface area (Å²) in [5.74, 6) is -1.93. The minimum atomic E-state index is -1.28. The van der Waals surface area contributed by atoms with Gasteiger partial charge in [-0.25, -0.2) is 14.6 Å². The Kier molecular flexibility index (Phi) is 4.68. The van der Waals surface area contributed by atoms with E-state index >= 15 is 0 Å². The van der Waals surface area contributed by atoms with Crippen molar-refractivity contribution in [3.8, 4) is 0 Å². The van der Waals surface area contributed by atoms with Crippen LogP contribution >= 0.6 is 0 Å². The Labute approximate surface area is 114 Å². The van der Waals surface area contributed by atoms with Crippen LogP contribution in [0.4, 0.5) is 4.79 Å². The number of H-pyrrole nitrogens is 1. The lowest BCUT2D eigenvalue weighted by atomic mass is 10.1. The van der Waals surface area contributed by atoms with Crippen LogP contribution in [0.5, 0.6) is 0 Å². The van der Waals surface area contributed by atoms with E-state index in [1.807, 2.05) is 0 Å². The third-order valence-electron chi connectivity index (χ3n) is 2.62. The predicted molar refractivity (Wildman–Crippen MR) is 68.7 cm³/mol. The summed E-state index contributed by atoms with van der Waals surface area (Å²) in [4.78, 5) is 40.4. The summed E-state index contributed by atoms with van der Waals surface area (Å²) in [7, 11) is 0. The number of aromatic nitrogens is 2. The van der Waals surface area contributed by atoms with Crippen molar-refractivity contribution in [3.63, 3.8) is 0 Å². The van der Waals surface area contributed by atoms with Gasteiger partial charge in [0.1, 0.15) is 11.6 Å². The number of imidazole rings is 1. The highest BCUT2D eigenvalue weighted by atomic mass is 16.4. The number of carboxylic acid groups (broad SMARTS) is 1. The maximum absolute atomic E-state index is 11.7. The Morgan fingerprint density at radius 2 is 2.15 bits per heavy atom. The van der Waals surface area contributed by atoms with Crippen molar-refractivity contribution >= 4 is 17.9 Å². The van der Waals surface area contributed by atoms with Crippen LogP contribution in [-0.2, 0) is 16.0 Å². The van der Waals surface area contributed by atoms with Gasteiger partial charge in [0.05, 0.1) is 6.33 Å². The number of carbonyl (C=O) groups excluding carboxylic acids is 2. The molecule has 0 radical (unpaired) electrons. The van der Waals surface area contributed by atoms with E-state index in [1.54, 1.807) is 0 Å². The molecule has 6 N–H and O–H groups in total. The highest BCUT2D eigenvalue weighted by Crippen LogP contribution is 2.02. The van der Waals surface area contributed by atoms with E-state index in [0.717, 1.165) is 0 Å². The van der Waals surface area contributed by atoms with Crippen LogP contribution in [0.25, 0.3) is 0 Å². The van der Waals surface area contributed by atoms with Crippen molar-refractivity contribution in [1.82, 2.24) is 20.6 Å². The van der Waals surface area contributed by atoms with Crippen molar-refractivity contribution in [2.45, 2.75) is 31.8 Å². The number of amides is 3. The summed E-state index contributed by atoms with van der Waals surface area (Å²) in [5.41, 5.74) is 4.39. The molecule has 0 saturated carbocycles. The van der Waals surface area contributed by atoms with E-state index in [2.05, 4.69) is 20.6 Å². The number of aromatic amines is 1. The first-order chi connectivity index (χ1) is 9.22. The average Bonchev–Trinajstić information content (AvgIpc) is 2.79. The van der Waals surface area contributed by atoms with Crippen molar-refractivity contribution < 1.29 is 19.5 Å². The molecule has 9 nitrogen and oxygen atoms in total. The fourth-order valence-electron chi connectivity index (χ4n) is 1.36. The number of rotatable bonds is 6. The molecule has 0 bridgehead atoms. The van der Waals surface area contributed by atoms with Gasteiger partial charge in [0, 0.05) is 18.3 Å². The van der Waals surface area contributed by atoms with Gasteiger partial charge in [-0.2, -0.15) is 0 Å². The van der Waals surface area contributed by atoms with Crippen molar-refractivity contribution in [3.05, 3.63) is 18.2 Å². The minimum absolute atomic E-state index is 0.0414. The van der Waals surface area contributed by atoms with Gasteiger partial charge in [-0.3, -0.25) is 4.79 Å². The largest absolute Gasteiger partial charge is 0.480 e. The molecule has 0 aliphatic heterocycles. The number of aliphatic carboxylic acids is 1. The number of hydrogen-bond donors (Lipinski definition) is 5. The Balaban J connectivity index is 2.64. The summed E-state index contributed by atoms with van der Waals surface area (Å²) >= 11 is 0. The number of nitrogens with one attached hydrogen (secondary N) is 3. The summed E-state index contributed by atoms with van der Waals surface area (Å²) in [5, 5.41) is 13.6. The van der Waals surface area contributed by atoms with Crippen molar-refractivity contribution in [2.24, 2.45) is 5.73 Å². The average molecular weight is 283 g/mol. The Morgan fingerprint density at radius 3 is 2.60 bits per heavy atom. The molecule has 0 spiro atoms. The first-order valence-corrected chi connectivity index (χ1v) is 5.81. The topological polar surface area (TPSA) is 150 Å². The van der Waals surface area contributed by atoms with Crippen LogP contribution in [0, 0.1) is 0 Å². The van der Waals surface area contributed by atoms with Gasteiger partial charge < -0.3 is 26.5 Å². The second-order valence-corrected chi connectivity index (χ2v) is 4.76. The minimum Gasteiger partial charge on any atom is -0.480 e. The van der Waals surface area contributed by atoms with Crippen LogP contribution in [0.2, 0.25) is 0 Å². The van der Waals surface area contributed by atoms with Crippen LogP contribution in [0.3, 0.4) is 0 Å². The van der Waals surface area contributed by atoms with Gasteiger partial charge >= 0.3 is 12.0 Å². The van der Waals surface area contributed by atoms with Crippen LogP contribution in [0.15, 0.2) is 12.5 Å². The standard InChI is InChI=1S/C11H17N5O4/c1-11(2,9(12)19)16-10(20)15-7(8(17)18)3-6-4-13-5-14-6/h4-5,7H,3H2,1-2H3,(H2,12,19)(H,13,14)(H,17,18)(H2,15,16,20). The zero-order valence-corrected chi connectivity index (χ0v) is 11.1. The summed E-state index contributed by atoms with van der Waals surface area (Å²) in [6.07, 6.45) is 2.91. The summed E-state index contributed by atoms with van der Waals surface area (Å²) in [6.45, 7) is 2.83. The maximum atomic E-state index is 11.7. The lowest BCUT2D eigenvalue weighted by Crippen LogP contribution is -2.58. The molecule has 1 unspecified atom stereocenters. The molecule has 110 valence electrons. The maximum Gasteiger partial charge on any atom is 0.326 e. The quantitative estimate of drug-likeness (QED) is 0.452. The number of carboxylic acids is 1. The molecule has 1 aromatic heterocycles. The van der Waals surface area contributed by atoms with E-state index in [-0.39, 0.29) is 6.42 Å². The van der Waals surface area contributed by atoms with Crippen LogP contribution in [0.1, 0.15) is 19.5 Å². The third kappa shape index (κ3) is 4.26. The molecule has 1 atom stereocenters. The molecule has 1 rings (SSSR count).